The predicted octanol–water partition coefficient (Wildman–Crippen LogP) is 3.12. The Labute approximate surface area is 180 Å². The summed E-state index contributed by atoms with van der Waals surface area (Å²) in [6, 6.07) is 12.5. The quantitative estimate of drug-likeness (QED) is 0.773. The van der Waals surface area contributed by atoms with Crippen LogP contribution < -0.4 is 21.0 Å². The van der Waals surface area contributed by atoms with Crippen LogP contribution in [0, 0.1) is 11.7 Å². The highest BCUT2D eigenvalue weighted by Gasteiger charge is 2.35. The molecule has 0 saturated carbocycles. The summed E-state index contributed by atoms with van der Waals surface area (Å²) < 4.78 is 13.2. The molecule has 2 aliphatic rings. The van der Waals surface area contributed by atoms with Gasteiger partial charge in [-0.1, -0.05) is 6.92 Å². The molecule has 1 saturated heterocycles. The molecule has 8 heteroatoms. The minimum absolute atomic E-state index is 0.0859. The van der Waals surface area contributed by atoms with Crippen LogP contribution >= 0.6 is 0 Å². The maximum atomic E-state index is 13.2. The fraction of sp³-hybridized carbons (Fsp3) is 0.348. The van der Waals surface area contributed by atoms with Crippen molar-refractivity contribution in [3.05, 3.63) is 54.3 Å². The SMILES string of the molecule is CC1CCN(c2ccc(NC(=O)C3=NN(c4ccc(F)cc4)C(C(N)=O)C3)cc2)CC1. The van der Waals surface area contributed by atoms with E-state index in [2.05, 4.69) is 22.2 Å². The first-order valence-corrected chi connectivity index (χ1v) is 10.5. The smallest absolute Gasteiger partial charge is 0.271 e. The zero-order chi connectivity index (χ0) is 22.0. The Hall–Kier alpha value is -3.42. The summed E-state index contributed by atoms with van der Waals surface area (Å²) in [6.45, 7) is 4.36. The molecule has 4 rings (SSSR count). The summed E-state index contributed by atoms with van der Waals surface area (Å²) in [5.74, 6) is -0.629. The fourth-order valence-corrected chi connectivity index (χ4v) is 3.93. The molecule has 0 aromatic heterocycles. The van der Waals surface area contributed by atoms with E-state index in [0.717, 1.165) is 24.7 Å². The van der Waals surface area contributed by atoms with Gasteiger partial charge in [0.2, 0.25) is 5.91 Å². The molecule has 2 aliphatic heterocycles. The monoisotopic (exact) mass is 423 g/mol. The zero-order valence-electron chi connectivity index (χ0n) is 17.4. The number of hydrogen-bond acceptors (Lipinski definition) is 5. The number of carbonyl (C=O) groups is 2. The lowest BCUT2D eigenvalue weighted by atomic mass is 9.99. The number of carbonyl (C=O) groups excluding carboxylic acids is 2. The average molecular weight is 423 g/mol. The van der Waals surface area contributed by atoms with E-state index in [1.54, 1.807) is 0 Å². The van der Waals surface area contributed by atoms with Gasteiger partial charge in [0.05, 0.1) is 5.69 Å². The number of benzene rings is 2. The Morgan fingerprint density at radius 3 is 2.26 bits per heavy atom. The summed E-state index contributed by atoms with van der Waals surface area (Å²) in [6.07, 6.45) is 2.45. The van der Waals surface area contributed by atoms with Crippen LogP contribution in [0.2, 0.25) is 0 Å². The second-order valence-electron chi connectivity index (χ2n) is 8.16. The predicted molar refractivity (Wildman–Crippen MR) is 120 cm³/mol. The molecule has 2 heterocycles. The van der Waals surface area contributed by atoms with Crippen molar-refractivity contribution in [3.8, 4) is 0 Å². The van der Waals surface area contributed by atoms with Crippen LogP contribution in [0.1, 0.15) is 26.2 Å². The molecule has 7 nitrogen and oxygen atoms in total. The maximum Gasteiger partial charge on any atom is 0.271 e. The topological polar surface area (TPSA) is 91.0 Å². The number of rotatable bonds is 5. The third kappa shape index (κ3) is 4.68. The number of nitrogens with zero attached hydrogens (tertiary/aromatic N) is 3. The van der Waals surface area contributed by atoms with Crippen molar-refractivity contribution in [2.24, 2.45) is 16.8 Å². The Balaban J connectivity index is 1.44. The Morgan fingerprint density at radius 2 is 1.65 bits per heavy atom. The van der Waals surface area contributed by atoms with Gasteiger partial charge in [-0.15, -0.1) is 0 Å². The van der Waals surface area contributed by atoms with E-state index in [0.29, 0.717) is 11.4 Å². The van der Waals surface area contributed by atoms with Crippen LogP contribution in [0.25, 0.3) is 0 Å². The molecule has 0 aliphatic carbocycles. The van der Waals surface area contributed by atoms with E-state index in [9.17, 15) is 14.0 Å². The number of nitrogens with two attached hydrogens (primary N) is 1. The first kappa shape index (κ1) is 20.8. The van der Waals surface area contributed by atoms with Crippen molar-refractivity contribution in [2.45, 2.75) is 32.2 Å². The molecule has 1 fully saturated rings. The van der Waals surface area contributed by atoms with Crippen LogP contribution in [-0.2, 0) is 9.59 Å². The minimum Gasteiger partial charge on any atom is -0.372 e. The maximum absolute atomic E-state index is 13.2. The number of anilines is 3. The standard InChI is InChI=1S/C23H26FN5O2/c1-15-10-12-28(13-11-15)18-8-4-17(5-9-18)26-23(31)20-14-21(22(25)30)29(27-20)19-6-2-16(24)3-7-19/h2-9,15,21H,10-14H2,1H3,(H2,25,30)(H,26,31). The van der Waals surface area contributed by atoms with Crippen molar-refractivity contribution in [2.75, 3.05) is 28.3 Å². The Morgan fingerprint density at radius 1 is 1.03 bits per heavy atom. The lowest BCUT2D eigenvalue weighted by Gasteiger charge is -2.32. The molecular weight excluding hydrogens is 397 g/mol. The molecule has 3 N–H and O–H groups in total. The molecule has 1 atom stereocenters. The number of hydrogen-bond donors (Lipinski definition) is 2. The molecule has 1 unspecified atom stereocenters. The van der Waals surface area contributed by atoms with Gasteiger partial charge in [0.1, 0.15) is 17.6 Å². The number of nitrogens with one attached hydrogen (secondary N) is 1. The number of primary amides is 1. The van der Waals surface area contributed by atoms with Crippen LogP contribution in [-0.4, -0.2) is 36.7 Å². The van der Waals surface area contributed by atoms with Crippen LogP contribution in [0.5, 0.6) is 0 Å². The molecule has 2 aromatic carbocycles. The Bertz CT molecular complexity index is 982. The fourth-order valence-electron chi connectivity index (χ4n) is 3.93. The van der Waals surface area contributed by atoms with E-state index in [4.69, 9.17) is 5.73 Å². The summed E-state index contributed by atoms with van der Waals surface area (Å²) in [5.41, 5.74) is 7.98. The third-order valence-electron chi connectivity index (χ3n) is 5.87. The summed E-state index contributed by atoms with van der Waals surface area (Å²) in [4.78, 5) is 27.0. The van der Waals surface area contributed by atoms with Crippen molar-refractivity contribution in [1.29, 1.82) is 0 Å². The lowest BCUT2D eigenvalue weighted by molar-refractivity contribution is -0.119. The first-order valence-electron chi connectivity index (χ1n) is 10.5. The van der Waals surface area contributed by atoms with Crippen molar-refractivity contribution >= 4 is 34.6 Å². The molecule has 2 amide bonds. The van der Waals surface area contributed by atoms with Gasteiger partial charge in [-0.05, 0) is 67.3 Å². The van der Waals surface area contributed by atoms with Crippen LogP contribution in [0.3, 0.4) is 0 Å². The van der Waals surface area contributed by atoms with Crippen molar-refractivity contribution < 1.29 is 14.0 Å². The molecule has 162 valence electrons. The van der Waals surface area contributed by atoms with Gasteiger partial charge in [0, 0.05) is 30.9 Å². The largest absolute Gasteiger partial charge is 0.372 e. The lowest BCUT2D eigenvalue weighted by Crippen LogP contribution is -2.39. The van der Waals surface area contributed by atoms with E-state index in [1.807, 2.05) is 24.3 Å². The minimum atomic E-state index is -0.796. The summed E-state index contributed by atoms with van der Waals surface area (Å²) in [5, 5.41) is 8.50. The van der Waals surface area contributed by atoms with E-state index in [-0.39, 0.29) is 12.1 Å². The van der Waals surface area contributed by atoms with Crippen molar-refractivity contribution in [3.63, 3.8) is 0 Å². The molecule has 0 bridgehead atoms. The Kier molecular flexibility index (Phi) is 5.88. The van der Waals surface area contributed by atoms with Gasteiger partial charge in [0.25, 0.3) is 5.91 Å². The highest BCUT2D eigenvalue weighted by Crippen LogP contribution is 2.27. The normalized spacial score (nSPS) is 19.3. The van der Waals surface area contributed by atoms with Gasteiger partial charge in [-0.3, -0.25) is 14.6 Å². The number of hydrazone groups is 1. The molecule has 0 spiro atoms. The summed E-state index contributed by atoms with van der Waals surface area (Å²) in [7, 11) is 0. The van der Waals surface area contributed by atoms with Crippen LogP contribution in [0.15, 0.2) is 53.6 Å². The van der Waals surface area contributed by atoms with Crippen LogP contribution in [0.4, 0.5) is 21.5 Å². The number of amides is 2. The highest BCUT2D eigenvalue weighted by atomic mass is 19.1. The number of piperidine rings is 1. The van der Waals surface area contributed by atoms with Crippen molar-refractivity contribution in [1.82, 2.24) is 0 Å². The van der Waals surface area contributed by atoms with Gasteiger partial charge in [-0.25, -0.2) is 4.39 Å². The molecular formula is C23H26FN5O2. The van der Waals surface area contributed by atoms with Gasteiger partial charge >= 0.3 is 0 Å². The molecule has 2 aromatic rings. The average Bonchev–Trinajstić information content (AvgIpc) is 3.22. The number of halogens is 1. The second kappa shape index (κ2) is 8.75. The van der Waals surface area contributed by atoms with Gasteiger partial charge in [-0.2, -0.15) is 5.10 Å². The second-order valence-corrected chi connectivity index (χ2v) is 8.16. The van der Waals surface area contributed by atoms with Gasteiger partial charge < -0.3 is 16.0 Å². The highest BCUT2D eigenvalue weighted by molar-refractivity contribution is 6.44. The van der Waals surface area contributed by atoms with E-state index < -0.39 is 23.7 Å². The zero-order valence-corrected chi connectivity index (χ0v) is 17.4. The van der Waals surface area contributed by atoms with E-state index in [1.165, 1.54) is 42.1 Å². The third-order valence-corrected chi connectivity index (χ3v) is 5.87. The first-order chi connectivity index (χ1) is 14.9. The van der Waals surface area contributed by atoms with E-state index >= 15 is 0 Å². The molecule has 31 heavy (non-hydrogen) atoms. The van der Waals surface area contributed by atoms with Gasteiger partial charge in [0.15, 0.2) is 0 Å². The molecule has 0 radical (unpaired) electrons. The summed E-state index contributed by atoms with van der Waals surface area (Å²) >= 11 is 0.